The summed E-state index contributed by atoms with van der Waals surface area (Å²) < 4.78 is 5.31. The van der Waals surface area contributed by atoms with Crippen LogP contribution in [-0.4, -0.2) is 17.9 Å². The van der Waals surface area contributed by atoms with Gasteiger partial charge < -0.3 is 14.7 Å². The first-order valence-electron chi connectivity index (χ1n) is 6.25. The highest BCUT2D eigenvalue weighted by Crippen LogP contribution is 2.36. The summed E-state index contributed by atoms with van der Waals surface area (Å²) in [6.07, 6.45) is 3.61. The Balaban J connectivity index is 2.06. The lowest BCUT2D eigenvalue weighted by Crippen LogP contribution is -2.17. The number of aryl methyl sites for hydroxylation is 1. The van der Waals surface area contributed by atoms with Gasteiger partial charge in [0.2, 0.25) is 0 Å². The molecule has 4 nitrogen and oxygen atoms in total. The van der Waals surface area contributed by atoms with Gasteiger partial charge in [0.25, 0.3) is 5.91 Å². The predicted molar refractivity (Wildman–Crippen MR) is 79.3 cm³/mol. The van der Waals surface area contributed by atoms with Crippen LogP contribution in [0.25, 0.3) is 10.9 Å². The minimum absolute atomic E-state index is 0.0894. The van der Waals surface area contributed by atoms with Crippen molar-refractivity contribution < 1.29 is 9.21 Å². The minimum Gasteiger partial charge on any atom is -0.468 e. The van der Waals surface area contributed by atoms with Gasteiger partial charge in [-0.3, -0.25) is 4.79 Å². The van der Waals surface area contributed by atoms with Crippen LogP contribution in [0.15, 0.2) is 50.9 Å². The Labute approximate surface area is 120 Å². The molecular weight excluding hydrogens is 272 g/mol. The summed E-state index contributed by atoms with van der Waals surface area (Å²) in [5, 5.41) is 3.70. The molecule has 0 saturated heterocycles. The van der Waals surface area contributed by atoms with E-state index in [4.69, 9.17) is 4.42 Å². The first-order valence-corrected chi connectivity index (χ1v) is 7.06. The Bertz CT molecular complexity index is 773. The number of rotatable bonds is 3. The van der Waals surface area contributed by atoms with E-state index >= 15 is 0 Å². The lowest BCUT2D eigenvalue weighted by atomic mass is 10.1. The van der Waals surface area contributed by atoms with Crippen molar-refractivity contribution in [3.05, 3.63) is 48.0 Å². The molecule has 20 heavy (non-hydrogen) atoms. The molecule has 0 atom stereocenters. The summed E-state index contributed by atoms with van der Waals surface area (Å²) >= 11 is 1.63. The molecule has 102 valence electrons. The van der Waals surface area contributed by atoms with E-state index in [1.807, 2.05) is 37.4 Å². The molecule has 2 heterocycles. The van der Waals surface area contributed by atoms with Crippen molar-refractivity contribution in [3.8, 4) is 0 Å². The van der Waals surface area contributed by atoms with Crippen LogP contribution in [0.3, 0.4) is 0 Å². The molecule has 2 N–H and O–H groups in total. The summed E-state index contributed by atoms with van der Waals surface area (Å²) in [6.45, 7) is 1.94. The molecule has 0 bridgehead atoms. The number of aromatic nitrogens is 1. The van der Waals surface area contributed by atoms with Gasteiger partial charge in [-0.25, -0.2) is 0 Å². The smallest absolute Gasteiger partial charge is 0.253 e. The number of carbonyl (C=O) groups is 1. The summed E-state index contributed by atoms with van der Waals surface area (Å²) in [7, 11) is 1.63. The van der Waals surface area contributed by atoms with Crippen molar-refractivity contribution in [2.75, 3.05) is 7.05 Å². The number of H-pyrrole nitrogens is 1. The molecule has 5 heteroatoms. The monoisotopic (exact) mass is 286 g/mol. The molecule has 1 amide bonds. The van der Waals surface area contributed by atoms with Crippen LogP contribution in [0.2, 0.25) is 0 Å². The van der Waals surface area contributed by atoms with Gasteiger partial charge in [0.15, 0.2) is 0 Å². The molecule has 0 aliphatic rings. The van der Waals surface area contributed by atoms with Crippen molar-refractivity contribution in [2.45, 2.75) is 16.7 Å². The number of furan rings is 1. The third kappa shape index (κ3) is 2.10. The van der Waals surface area contributed by atoms with Crippen molar-refractivity contribution in [1.82, 2.24) is 10.3 Å². The second-order valence-electron chi connectivity index (χ2n) is 4.40. The van der Waals surface area contributed by atoms with Gasteiger partial charge >= 0.3 is 0 Å². The Hall–Kier alpha value is -2.14. The number of aromatic amines is 1. The zero-order chi connectivity index (χ0) is 14.1. The van der Waals surface area contributed by atoms with Gasteiger partial charge in [-0.1, -0.05) is 23.9 Å². The fourth-order valence-corrected chi connectivity index (χ4v) is 3.08. The number of hydrogen-bond acceptors (Lipinski definition) is 3. The molecule has 1 aromatic carbocycles. The molecule has 0 aliphatic carbocycles. The first-order chi connectivity index (χ1) is 9.70. The van der Waals surface area contributed by atoms with Crippen molar-refractivity contribution in [1.29, 1.82) is 0 Å². The molecule has 0 aliphatic heterocycles. The van der Waals surface area contributed by atoms with Crippen LogP contribution in [0.5, 0.6) is 0 Å². The predicted octanol–water partition coefficient (Wildman–Crippen LogP) is 3.58. The molecule has 0 fully saturated rings. The van der Waals surface area contributed by atoms with Gasteiger partial charge in [-0.15, -0.1) is 0 Å². The zero-order valence-electron chi connectivity index (χ0n) is 11.2. The van der Waals surface area contributed by atoms with Gasteiger partial charge in [-0.2, -0.15) is 0 Å². The fourth-order valence-electron chi connectivity index (χ4n) is 2.13. The van der Waals surface area contributed by atoms with E-state index in [1.54, 1.807) is 25.1 Å². The number of nitrogens with one attached hydrogen (secondary N) is 2. The number of hydrogen-bond donors (Lipinski definition) is 2. The Morgan fingerprint density at radius 1 is 1.30 bits per heavy atom. The number of fused-ring (bicyclic) bond motifs is 1. The number of amides is 1. The molecule has 0 radical (unpaired) electrons. The second-order valence-corrected chi connectivity index (χ2v) is 5.49. The number of para-hydroxylation sites is 1. The quantitative estimate of drug-likeness (QED) is 0.773. The van der Waals surface area contributed by atoms with Crippen LogP contribution in [0, 0.1) is 6.92 Å². The molecule has 0 saturated carbocycles. The molecule has 0 spiro atoms. The highest BCUT2D eigenvalue weighted by atomic mass is 32.2. The van der Waals surface area contributed by atoms with E-state index in [9.17, 15) is 4.79 Å². The maximum atomic E-state index is 11.9. The summed E-state index contributed by atoms with van der Waals surface area (Å²) in [5.41, 5.74) is 1.51. The molecule has 2 aromatic heterocycles. The van der Waals surface area contributed by atoms with E-state index < -0.39 is 0 Å². The third-order valence-electron chi connectivity index (χ3n) is 3.18. The van der Waals surface area contributed by atoms with E-state index in [0.717, 1.165) is 26.5 Å². The second kappa shape index (κ2) is 5.09. The largest absolute Gasteiger partial charge is 0.468 e. The van der Waals surface area contributed by atoms with Crippen LogP contribution in [-0.2, 0) is 0 Å². The summed E-state index contributed by atoms with van der Waals surface area (Å²) in [4.78, 5) is 17.2. The third-order valence-corrected chi connectivity index (χ3v) is 4.38. The standard InChI is InChI=1S/C15H14N2O2S/c1-9-12(6-7-19-9)20-13-8-17-14-10(13)4-3-5-11(14)15(18)16-2/h3-8,17H,1-2H3,(H,16,18). The van der Waals surface area contributed by atoms with Gasteiger partial charge in [0.1, 0.15) is 5.76 Å². The fraction of sp³-hybridized carbons (Fsp3) is 0.133. The van der Waals surface area contributed by atoms with Crippen LogP contribution in [0.1, 0.15) is 16.1 Å². The average molecular weight is 286 g/mol. The SMILES string of the molecule is CNC(=O)c1cccc2c(Sc3ccoc3C)c[nH]c12. The van der Waals surface area contributed by atoms with Gasteiger partial charge in [-0.05, 0) is 19.1 Å². The van der Waals surface area contributed by atoms with E-state index in [0.29, 0.717) is 5.56 Å². The maximum Gasteiger partial charge on any atom is 0.253 e. The topological polar surface area (TPSA) is 58.0 Å². The Morgan fingerprint density at radius 2 is 2.15 bits per heavy atom. The number of benzene rings is 1. The van der Waals surface area contributed by atoms with Crippen molar-refractivity contribution >= 4 is 28.6 Å². The lowest BCUT2D eigenvalue weighted by molar-refractivity contribution is 0.0964. The molecular formula is C15H14N2O2S. The molecule has 3 rings (SSSR count). The van der Waals surface area contributed by atoms with Crippen LogP contribution >= 0.6 is 11.8 Å². The Morgan fingerprint density at radius 3 is 2.85 bits per heavy atom. The van der Waals surface area contributed by atoms with Crippen molar-refractivity contribution in [3.63, 3.8) is 0 Å². The van der Waals surface area contributed by atoms with Crippen LogP contribution < -0.4 is 5.32 Å². The first kappa shape index (κ1) is 12.9. The lowest BCUT2D eigenvalue weighted by Gasteiger charge is -2.02. The number of carbonyl (C=O) groups excluding carboxylic acids is 1. The highest BCUT2D eigenvalue weighted by molar-refractivity contribution is 7.99. The average Bonchev–Trinajstić information content (AvgIpc) is 3.06. The molecule has 0 unspecified atom stereocenters. The van der Waals surface area contributed by atoms with Gasteiger partial charge in [0, 0.05) is 23.5 Å². The zero-order valence-corrected chi connectivity index (χ0v) is 12.0. The highest BCUT2D eigenvalue weighted by Gasteiger charge is 2.13. The maximum absolute atomic E-state index is 11.9. The normalized spacial score (nSPS) is 10.9. The van der Waals surface area contributed by atoms with E-state index in [1.165, 1.54) is 0 Å². The van der Waals surface area contributed by atoms with Crippen molar-refractivity contribution in [2.24, 2.45) is 0 Å². The molecule has 3 aromatic rings. The minimum atomic E-state index is -0.0894. The summed E-state index contributed by atoms with van der Waals surface area (Å²) in [6, 6.07) is 7.67. The van der Waals surface area contributed by atoms with Gasteiger partial charge in [0.05, 0.1) is 22.2 Å². The van der Waals surface area contributed by atoms with E-state index in [-0.39, 0.29) is 5.91 Å². The van der Waals surface area contributed by atoms with Crippen LogP contribution in [0.4, 0.5) is 0 Å². The Kier molecular flexibility index (Phi) is 3.28. The summed E-state index contributed by atoms with van der Waals surface area (Å²) in [5.74, 6) is 0.806. The van der Waals surface area contributed by atoms with E-state index in [2.05, 4.69) is 10.3 Å².